The van der Waals surface area contributed by atoms with Crippen molar-refractivity contribution in [1.82, 2.24) is 15.2 Å². The lowest BCUT2D eigenvalue weighted by Gasteiger charge is -2.13. The number of rotatable bonds is 2. The average molecular weight is 402 g/mol. The normalized spacial score (nSPS) is 12.4. The molecular formula is C22H16F2N6. The maximum Gasteiger partial charge on any atom is 0.171 e. The molecule has 0 aliphatic carbocycles. The van der Waals surface area contributed by atoms with Gasteiger partial charge in [-0.25, -0.2) is 13.8 Å². The van der Waals surface area contributed by atoms with Crippen LogP contribution in [0.4, 0.5) is 26.0 Å². The maximum atomic E-state index is 14.4. The third kappa shape index (κ3) is 2.89. The summed E-state index contributed by atoms with van der Waals surface area (Å²) < 4.78 is 28.9. The zero-order chi connectivity index (χ0) is 20.8. The number of benzene rings is 2. The molecule has 0 atom stereocenters. The maximum absolute atomic E-state index is 14.4. The summed E-state index contributed by atoms with van der Waals surface area (Å²) in [6.07, 6.45) is 1.75. The van der Waals surface area contributed by atoms with Crippen LogP contribution in [0.25, 0.3) is 22.4 Å². The van der Waals surface area contributed by atoms with E-state index in [9.17, 15) is 8.78 Å². The third-order valence-corrected chi connectivity index (χ3v) is 4.96. The fourth-order valence-corrected chi connectivity index (χ4v) is 3.53. The first-order valence-electron chi connectivity index (χ1n) is 9.22. The molecule has 5 rings (SSSR count). The lowest BCUT2D eigenvalue weighted by Crippen LogP contribution is -2.17. The van der Waals surface area contributed by atoms with Crippen LogP contribution in [0.15, 0.2) is 59.7 Å². The van der Waals surface area contributed by atoms with Crippen LogP contribution in [0.1, 0.15) is 11.3 Å². The number of aromatic nitrogens is 3. The van der Waals surface area contributed by atoms with Gasteiger partial charge in [-0.1, -0.05) is 12.1 Å². The standard InChI is InChI=1S/C22H16F2N6/c1-11-9-13(7-8-26-11)12-5-6-17-14(10-12)19-20(21(25)30-29-19)28-22(27-17)18-15(23)3-2-4-16(18)24/h2-10H,1H3,(H,27,28)(H3,25,29,30). The summed E-state index contributed by atoms with van der Waals surface area (Å²) in [5.74, 6) is -1.29. The molecule has 0 amide bonds. The highest BCUT2D eigenvalue weighted by atomic mass is 19.1. The fraction of sp³-hybridized carbons (Fsp3) is 0.0455. The molecule has 148 valence electrons. The second-order valence-corrected chi connectivity index (χ2v) is 6.96. The minimum Gasteiger partial charge on any atom is -0.380 e. The van der Waals surface area contributed by atoms with Gasteiger partial charge < -0.3 is 11.1 Å². The quantitative estimate of drug-likeness (QED) is 0.449. The molecule has 0 bridgehead atoms. The number of halogens is 2. The highest BCUT2D eigenvalue weighted by Crippen LogP contribution is 2.42. The molecular weight excluding hydrogens is 386 g/mol. The average Bonchev–Trinajstić information content (AvgIpc) is 2.99. The zero-order valence-corrected chi connectivity index (χ0v) is 15.9. The fourth-order valence-electron chi connectivity index (χ4n) is 3.53. The monoisotopic (exact) mass is 402 g/mol. The van der Waals surface area contributed by atoms with Crippen LogP contribution in [0.5, 0.6) is 0 Å². The Morgan fingerprint density at radius 1 is 0.967 bits per heavy atom. The Kier molecular flexibility index (Phi) is 4.06. The van der Waals surface area contributed by atoms with Gasteiger partial charge in [0.25, 0.3) is 0 Å². The van der Waals surface area contributed by atoms with E-state index in [4.69, 9.17) is 5.73 Å². The van der Waals surface area contributed by atoms with Gasteiger partial charge in [-0.05, 0) is 54.4 Å². The number of aliphatic imine (C=N–C) groups is 1. The number of hydrogen-bond donors (Lipinski definition) is 3. The van der Waals surface area contributed by atoms with E-state index in [0.29, 0.717) is 17.1 Å². The van der Waals surface area contributed by atoms with Crippen molar-refractivity contribution in [3.63, 3.8) is 0 Å². The number of fused-ring (bicyclic) bond motifs is 3. The molecule has 1 aliphatic rings. The number of nitrogens with two attached hydrogens (primary N) is 1. The molecule has 0 radical (unpaired) electrons. The van der Waals surface area contributed by atoms with Gasteiger partial charge in [-0.2, -0.15) is 5.10 Å². The first-order chi connectivity index (χ1) is 14.5. The molecule has 8 heteroatoms. The molecule has 2 aromatic carbocycles. The molecule has 0 saturated heterocycles. The number of nitrogens with zero attached hydrogens (tertiary/aromatic N) is 3. The van der Waals surface area contributed by atoms with E-state index in [0.717, 1.165) is 22.4 Å². The lowest BCUT2D eigenvalue weighted by atomic mass is 10.00. The molecule has 6 nitrogen and oxygen atoms in total. The zero-order valence-electron chi connectivity index (χ0n) is 15.9. The Hall–Kier alpha value is -4.07. The minimum atomic E-state index is -0.725. The molecule has 0 spiro atoms. The second kappa shape index (κ2) is 6.77. The summed E-state index contributed by atoms with van der Waals surface area (Å²) in [7, 11) is 0. The molecule has 30 heavy (non-hydrogen) atoms. The SMILES string of the molecule is Cc1cc(-c2ccc3c(c2)-c2[nH]nc(N)c2N=C(c2c(F)cccc2F)N3)ccn1. The Morgan fingerprint density at radius 2 is 1.73 bits per heavy atom. The number of nitrogens with one attached hydrogen (secondary N) is 2. The lowest BCUT2D eigenvalue weighted by molar-refractivity contribution is 0.579. The number of H-pyrrole nitrogens is 1. The van der Waals surface area contributed by atoms with E-state index in [-0.39, 0.29) is 17.2 Å². The smallest absolute Gasteiger partial charge is 0.171 e. The highest BCUT2D eigenvalue weighted by Gasteiger charge is 2.25. The molecule has 0 fully saturated rings. The number of aromatic amines is 1. The van der Waals surface area contributed by atoms with Crippen molar-refractivity contribution >= 4 is 23.0 Å². The van der Waals surface area contributed by atoms with Gasteiger partial charge in [0.05, 0.1) is 11.3 Å². The molecule has 4 N–H and O–H groups in total. The van der Waals surface area contributed by atoms with Gasteiger partial charge in [-0.15, -0.1) is 0 Å². The van der Waals surface area contributed by atoms with Gasteiger partial charge in [0.1, 0.15) is 23.2 Å². The predicted molar refractivity (Wildman–Crippen MR) is 113 cm³/mol. The van der Waals surface area contributed by atoms with Crippen molar-refractivity contribution in [2.75, 3.05) is 11.1 Å². The van der Waals surface area contributed by atoms with E-state index in [1.165, 1.54) is 18.2 Å². The summed E-state index contributed by atoms with van der Waals surface area (Å²) in [4.78, 5) is 8.65. The van der Waals surface area contributed by atoms with Crippen molar-refractivity contribution in [3.8, 4) is 22.4 Å². The Bertz CT molecular complexity index is 1300. The summed E-state index contributed by atoms with van der Waals surface area (Å²) >= 11 is 0. The summed E-state index contributed by atoms with van der Waals surface area (Å²) in [5, 5.41) is 10.0. The van der Waals surface area contributed by atoms with Crippen LogP contribution in [0.2, 0.25) is 0 Å². The number of hydrogen-bond acceptors (Lipinski definition) is 5. The largest absolute Gasteiger partial charge is 0.380 e. The van der Waals surface area contributed by atoms with E-state index in [1.54, 1.807) is 6.20 Å². The van der Waals surface area contributed by atoms with Crippen molar-refractivity contribution in [2.24, 2.45) is 4.99 Å². The van der Waals surface area contributed by atoms with Crippen LogP contribution >= 0.6 is 0 Å². The first-order valence-corrected chi connectivity index (χ1v) is 9.22. The van der Waals surface area contributed by atoms with Crippen LogP contribution in [-0.2, 0) is 0 Å². The number of amidine groups is 1. The van der Waals surface area contributed by atoms with Crippen molar-refractivity contribution in [1.29, 1.82) is 0 Å². The van der Waals surface area contributed by atoms with Gasteiger partial charge in [0.2, 0.25) is 0 Å². The summed E-state index contributed by atoms with van der Waals surface area (Å²) in [5.41, 5.74) is 10.8. The van der Waals surface area contributed by atoms with Crippen molar-refractivity contribution in [3.05, 3.63) is 77.6 Å². The van der Waals surface area contributed by atoms with E-state index in [2.05, 4.69) is 25.5 Å². The van der Waals surface area contributed by atoms with Gasteiger partial charge >= 0.3 is 0 Å². The molecule has 4 aromatic rings. The predicted octanol–water partition coefficient (Wildman–Crippen LogP) is 4.81. The Labute approximate surface area is 170 Å². The van der Waals surface area contributed by atoms with Gasteiger partial charge in [-0.3, -0.25) is 10.1 Å². The van der Waals surface area contributed by atoms with Crippen LogP contribution in [-0.4, -0.2) is 21.0 Å². The van der Waals surface area contributed by atoms with Crippen molar-refractivity contribution in [2.45, 2.75) is 6.92 Å². The Morgan fingerprint density at radius 3 is 2.50 bits per heavy atom. The van der Waals surface area contributed by atoms with Gasteiger partial charge in [0.15, 0.2) is 5.82 Å². The molecule has 2 aromatic heterocycles. The Balaban J connectivity index is 1.71. The van der Waals surface area contributed by atoms with Crippen LogP contribution in [0, 0.1) is 18.6 Å². The molecule has 3 heterocycles. The number of aryl methyl sites for hydroxylation is 1. The number of nitrogen functional groups attached to an aromatic ring is 1. The third-order valence-electron chi connectivity index (χ3n) is 4.96. The van der Waals surface area contributed by atoms with E-state index < -0.39 is 11.6 Å². The van der Waals surface area contributed by atoms with Crippen molar-refractivity contribution < 1.29 is 8.78 Å². The van der Waals surface area contributed by atoms with E-state index in [1.807, 2.05) is 37.3 Å². The molecule has 0 saturated carbocycles. The highest BCUT2D eigenvalue weighted by molar-refractivity contribution is 6.14. The minimum absolute atomic E-state index is 0.0196. The summed E-state index contributed by atoms with van der Waals surface area (Å²) in [6, 6.07) is 13.3. The number of pyridine rings is 1. The van der Waals surface area contributed by atoms with E-state index >= 15 is 0 Å². The van der Waals surface area contributed by atoms with Crippen LogP contribution in [0.3, 0.4) is 0 Å². The van der Waals surface area contributed by atoms with Gasteiger partial charge in [0, 0.05) is 23.1 Å². The topological polar surface area (TPSA) is 92.0 Å². The van der Waals surface area contributed by atoms with Crippen LogP contribution < -0.4 is 11.1 Å². The molecule has 1 aliphatic heterocycles. The summed E-state index contributed by atoms with van der Waals surface area (Å²) in [6.45, 7) is 1.92. The number of anilines is 2. The molecule has 0 unspecified atom stereocenters. The first kappa shape index (κ1) is 18.0. The second-order valence-electron chi connectivity index (χ2n) is 6.96.